The van der Waals surface area contributed by atoms with Crippen molar-refractivity contribution in [1.82, 2.24) is 0 Å². The van der Waals surface area contributed by atoms with Crippen molar-refractivity contribution in [2.75, 3.05) is 16.8 Å². The second kappa shape index (κ2) is 7.10. The average Bonchev–Trinajstić information content (AvgIpc) is 2.96. The molecule has 0 atom stereocenters. The van der Waals surface area contributed by atoms with Crippen molar-refractivity contribution >= 4 is 40.2 Å². The molecule has 0 aromatic heterocycles. The van der Waals surface area contributed by atoms with Crippen molar-refractivity contribution in [2.45, 2.75) is 37.9 Å². The molecular formula is C22H19F3N4S. The zero-order chi connectivity index (χ0) is 21.7. The van der Waals surface area contributed by atoms with Gasteiger partial charge in [-0.1, -0.05) is 23.8 Å². The fourth-order valence-corrected chi connectivity index (χ4v) is 4.69. The molecule has 154 valence electrons. The summed E-state index contributed by atoms with van der Waals surface area (Å²) in [4.78, 5) is 11.1. The quantitative estimate of drug-likeness (QED) is 0.425. The molecular weight excluding hydrogens is 409 g/mol. The number of aryl methyl sites for hydroxylation is 1. The van der Waals surface area contributed by atoms with Crippen LogP contribution < -0.4 is 9.80 Å². The van der Waals surface area contributed by atoms with Gasteiger partial charge in [-0.2, -0.15) is 13.2 Å². The number of nitrogens with zero attached hydrogens (tertiary/aromatic N) is 4. The maximum absolute atomic E-state index is 13.6. The molecule has 1 saturated carbocycles. The standard InChI is InChI=1S/C22H19F3N4S/c1-14-5-7-15(8-6-14)29-20(30)28(19(27-3)21(29)11-4-12-21)16-9-10-18(26-2)17(13-16)22(23,24)25/h5-10,13H,4,11-12H2,1,3H3/b27-19+. The fourth-order valence-electron chi connectivity index (χ4n) is 4.22. The van der Waals surface area contributed by atoms with Crippen LogP contribution in [0, 0.1) is 13.5 Å². The third kappa shape index (κ3) is 2.96. The first kappa shape index (κ1) is 20.4. The summed E-state index contributed by atoms with van der Waals surface area (Å²) < 4.78 is 40.7. The van der Waals surface area contributed by atoms with Crippen LogP contribution in [-0.4, -0.2) is 23.5 Å². The Labute approximate surface area is 178 Å². The first-order valence-electron chi connectivity index (χ1n) is 9.50. The molecule has 1 heterocycles. The monoisotopic (exact) mass is 428 g/mol. The maximum Gasteiger partial charge on any atom is 0.407 e. The number of benzene rings is 2. The smallest absolute Gasteiger partial charge is 0.305 e. The van der Waals surface area contributed by atoms with E-state index in [-0.39, 0.29) is 5.69 Å². The Morgan fingerprint density at radius 2 is 1.73 bits per heavy atom. The minimum absolute atomic E-state index is 0.265. The minimum atomic E-state index is -4.63. The molecule has 1 saturated heterocycles. The van der Waals surface area contributed by atoms with Crippen molar-refractivity contribution < 1.29 is 13.2 Å². The van der Waals surface area contributed by atoms with Gasteiger partial charge in [0.25, 0.3) is 0 Å². The Morgan fingerprint density at radius 3 is 2.23 bits per heavy atom. The summed E-state index contributed by atoms with van der Waals surface area (Å²) in [7, 11) is 1.64. The van der Waals surface area contributed by atoms with Gasteiger partial charge in [-0.05, 0) is 62.7 Å². The van der Waals surface area contributed by atoms with Crippen LogP contribution in [-0.2, 0) is 6.18 Å². The Morgan fingerprint density at radius 1 is 1.10 bits per heavy atom. The summed E-state index contributed by atoms with van der Waals surface area (Å²) in [6, 6.07) is 11.6. The topological polar surface area (TPSA) is 23.2 Å². The number of rotatable bonds is 2. The Hall–Kier alpha value is -2.92. The van der Waals surface area contributed by atoms with Crippen LogP contribution in [0.15, 0.2) is 47.5 Å². The first-order chi connectivity index (χ1) is 14.2. The highest BCUT2D eigenvalue weighted by Crippen LogP contribution is 2.49. The number of aliphatic imine (C=N–C) groups is 1. The molecule has 0 bridgehead atoms. The van der Waals surface area contributed by atoms with Crippen molar-refractivity contribution in [3.63, 3.8) is 0 Å². The lowest BCUT2D eigenvalue weighted by atomic mass is 9.74. The van der Waals surface area contributed by atoms with E-state index in [1.165, 1.54) is 12.1 Å². The molecule has 1 aliphatic carbocycles. The minimum Gasteiger partial charge on any atom is -0.305 e. The summed E-state index contributed by atoms with van der Waals surface area (Å²) in [6.07, 6.45) is -2.01. The zero-order valence-electron chi connectivity index (χ0n) is 16.5. The van der Waals surface area contributed by atoms with E-state index in [1.54, 1.807) is 11.9 Å². The van der Waals surface area contributed by atoms with Gasteiger partial charge in [0.05, 0.1) is 12.1 Å². The largest absolute Gasteiger partial charge is 0.407 e. The summed E-state index contributed by atoms with van der Waals surface area (Å²) in [5.74, 6) is 0.642. The normalized spacial score (nSPS) is 19.3. The van der Waals surface area contributed by atoms with Gasteiger partial charge < -0.3 is 4.90 Å². The summed E-state index contributed by atoms with van der Waals surface area (Å²) in [6.45, 7) is 9.07. The number of alkyl halides is 3. The highest BCUT2D eigenvalue weighted by atomic mass is 32.1. The van der Waals surface area contributed by atoms with Gasteiger partial charge in [0.15, 0.2) is 10.8 Å². The highest BCUT2D eigenvalue weighted by Gasteiger charge is 2.57. The second-order valence-electron chi connectivity index (χ2n) is 7.53. The van der Waals surface area contributed by atoms with E-state index >= 15 is 0 Å². The molecule has 0 amide bonds. The maximum atomic E-state index is 13.6. The lowest BCUT2D eigenvalue weighted by Gasteiger charge is -2.44. The van der Waals surface area contributed by atoms with Crippen molar-refractivity contribution in [3.8, 4) is 0 Å². The van der Waals surface area contributed by atoms with Crippen LogP contribution in [0.3, 0.4) is 0 Å². The van der Waals surface area contributed by atoms with E-state index in [4.69, 9.17) is 18.8 Å². The number of amidine groups is 1. The van der Waals surface area contributed by atoms with Gasteiger partial charge in [-0.15, -0.1) is 0 Å². The van der Waals surface area contributed by atoms with Crippen LogP contribution in [0.4, 0.5) is 30.2 Å². The molecule has 4 nitrogen and oxygen atoms in total. The van der Waals surface area contributed by atoms with E-state index < -0.39 is 23.0 Å². The molecule has 1 aliphatic heterocycles. The lowest BCUT2D eigenvalue weighted by molar-refractivity contribution is -0.136. The molecule has 0 radical (unpaired) electrons. The Kier molecular flexibility index (Phi) is 4.82. The van der Waals surface area contributed by atoms with E-state index in [2.05, 4.69) is 9.84 Å². The van der Waals surface area contributed by atoms with Crippen LogP contribution in [0.25, 0.3) is 4.85 Å². The molecule has 2 fully saturated rings. The van der Waals surface area contributed by atoms with Gasteiger partial charge in [-0.3, -0.25) is 9.89 Å². The summed E-state index contributed by atoms with van der Waals surface area (Å²) >= 11 is 5.78. The van der Waals surface area contributed by atoms with Crippen LogP contribution in [0.1, 0.15) is 30.4 Å². The highest BCUT2D eigenvalue weighted by molar-refractivity contribution is 7.81. The van der Waals surface area contributed by atoms with Gasteiger partial charge in [-0.25, -0.2) is 4.85 Å². The third-order valence-corrected chi connectivity index (χ3v) is 6.15. The number of anilines is 2. The van der Waals surface area contributed by atoms with Crippen molar-refractivity contribution in [3.05, 3.63) is 65.0 Å². The van der Waals surface area contributed by atoms with E-state index in [9.17, 15) is 13.2 Å². The van der Waals surface area contributed by atoms with E-state index in [1.807, 2.05) is 36.1 Å². The third-order valence-electron chi connectivity index (χ3n) is 5.79. The first-order valence-corrected chi connectivity index (χ1v) is 9.91. The molecule has 2 aromatic carbocycles. The van der Waals surface area contributed by atoms with Crippen LogP contribution >= 0.6 is 12.2 Å². The fraction of sp³-hybridized carbons (Fsp3) is 0.318. The predicted molar refractivity (Wildman–Crippen MR) is 116 cm³/mol. The molecule has 30 heavy (non-hydrogen) atoms. The number of halogens is 3. The van der Waals surface area contributed by atoms with Crippen LogP contribution in [0.2, 0.25) is 0 Å². The molecule has 4 rings (SSSR count). The van der Waals surface area contributed by atoms with Crippen molar-refractivity contribution in [2.24, 2.45) is 4.99 Å². The molecule has 2 aromatic rings. The second-order valence-corrected chi connectivity index (χ2v) is 7.90. The lowest BCUT2D eigenvalue weighted by Crippen LogP contribution is -2.55. The number of thiocarbonyl (C=S) groups is 1. The van der Waals surface area contributed by atoms with Gasteiger partial charge in [0.1, 0.15) is 11.4 Å². The molecule has 2 aliphatic rings. The van der Waals surface area contributed by atoms with Crippen molar-refractivity contribution in [1.29, 1.82) is 0 Å². The molecule has 0 N–H and O–H groups in total. The predicted octanol–water partition coefficient (Wildman–Crippen LogP) is 6.13. The van der Waals surface area contributed by atoms with E-state index in [0.29, 0.717) is 10.9 Å². The van der Waals surface area contributed by atoms with Gasteiger partial charge in [0, 0.05) is 18.4 Å². The Balaban J connectivity index is 1.86. The Bertz CT molecular complexity index is 1080. The van der Waals surface area contributed by atoms with Gasteiger partial charge in [0.2, 0.25) is 0 Å². The summed E-state index contributed by atoms with van der Waals surface area (Å²) in [5, 5.41) is 0.392. The number of hydrogen-bond donors (Lipinski definition) is 0. The van der Waals surface area contributed by atoms with Gasteiger partial charge >= 0.3 is 6.18 Å². The molecule has 8 heteroatoms. The molecule has 1 spiro atoms. The number of hydrogen-bond acceptors (Lipinski definition) is 2. The SMILES string of the molecule is [C-]#[N+]c1ccc(N2C(=S)N(c3ccc(C)cc3)C3(CCC3)/C2=N\C)cc1C(F)(F)F. The van der Waals surface area contributed by atoms with E-state index in [0.717, 1.165) is 36.6 Å². The molecule has 0 unspecified atom stereocenters. The van der Waals surface area contributed by atoms with Crippen LogP contribution in [0.5, 0.6) is 0 Å². The summed E-state index contributed by atoms with van der Waals surface area (Å²) in [5.41, 5.74) is 0.406. The average molecular weight is 428 g/mol. The zero-order valence-corrected chi connectivity index (χ0v) is 17.3.